The van der Waals surface area contributed by atoms with Crippen LogP contribution in [0, 0.1) is 0 Å². The highest BCUT2D eigenvalue weighted by molar-refractivity contribution is 5.86. The molecule has 0 heterocycles. The number of hydrogen-bond donors (Lipinski definition) is 3. The van der Waals surface area contributed by atoms with Crippen LogP contribution in [0.25, 0.3) is 0 Å². The van der Waals surface area contributed by atoms with Crippen molar-refractivity contribution in [2.45, 2.75) is 13.0 Å². The van der Waals surface area contributed by atoms with E-state index in [9.17, 15) is 9.59 Å². The van der Waals surface area contributed by atoms with Gasteiger partial charge in [0.05, 0.1) is 12.6 Å². The fourth-order valence-electron chi connectivity index (χ4n) is 0.335. The molecule has 5 nitrogen and oxygen atoms in total. The van der Waals surface area contributed by atoms with Crippen molar-refractivity contribution in [3.05, 3.63) is 0 Å². The van der Waals surface area contributed by atoms with E-state index < -0.39 is 11.9 Å². The Bertz CT molecular complexity index is 144. The minimum absolute atomic E-state index is 0.152. The summed E-state index contributed by atoms with van der Waals surface area (Å²) in [5.74, 6) is -0.951. The number of hydrogen-bond acceptors (Lipinski definition) is 3. The lowest BCUT2D eigenvalue weighted by Gasteiger charge is -2.03. The first kappa shape index (κ1) is 8.90. The molecular weight excluding hydrogens is 134 g/mol. The SMILES string of the molecule is CC(N)C(=O)NCC(N)=O. The topological polar surface area (TPSA) is 98.2 Å². The molecule has 0 fully saturated rings. The van der Waals surface area contributed by atoms with Gasteiger partial charge in [0.2, 0.25) is 11.8 Å². The predicted octanol–water partition coefficient (Wildman–Crippen LogP) is -2.06. The molecule has 0 aromatic rings. The number of primary amides is 1. The van der Waals surface area contributed by atoms with Crippen LogP contribution in [0.5, 0.6) is 0 Å². The van der Waals surface area contributed by atoms with Gasteiger partial charge in [-0.3, -0.25) is 9.59 Å². The fraction of sp³-hybridized carbons (Fsp3) is 0.600. The lowest BCUT2D eigenvalue weighted by Crippen LogP contribution is -2.42. The zero-order valence-electron chi connectivity index (χ0n) is 5.76. The molecule has 0 radical (unpaired) electrons. The second kappa shape index (κ2) is 3.84. The molecule has 1 atom stereocenters. The van der Waals surface area contributed by atoms with Crippen LogP contribution in [0.15, 0.2) is 0 Å². The van der Waals surface area contributed by atoms with E-state index in [-0.39, 0.29) is 12.5 Å². The summed E-state index contributed by atoms with van der Waals surface area (Å²) in [7, 11) is 0. The second-order valence-corrected chi connectivity index (χ2v) is 1.97. The normalized spacial score (nSPS) is 12.2. The average Bonchev–Trinajstić information content (AvgIpc) is 1.82. The van der Waals surface area contributed by atoms with Gasteiger partial charge in [0, 0.05) is 0 Å². The fourth-order valence-corrected chi connectivity index (χ4v) is 0.335. The molecule has 0 aromatic carbocycles. The van der Waals surface area contributed by atoms with Crippen LogP contribution in [-0.4, -0.2) is 24.4 Å². The minimum atomic E-state index is -0.598. The summed E-state index contributed by atoms with van der Waals surface area (Å²) < 4.78 is 0. The Labute approximate surface area is 58.8 Å². The maximum atomic E-state index is 10.6. The molecule has 5 heteroatoms. The van der Waals surface area contributed by atoms with Crippen LogP contribution in [0.4, 0.5) is 0 Å². The largest absolute Gasteiger partial charge is 0.368 e. The van der Waals surface area contributed by atoms with E-state index in [4.69, 9.17) is 11.5 Å². The zero-order valence-corrected chi connectivity index (χ0v) is 5.76. The van der Waals surface area contributed by atoms with Crippen LogP contribution >= 0.6 is 0 Å². The Morgan fingerprint density at radius 2 is 2.10 bits per heavy atom. The first-order chi connectivity index (χ1) is 4.54. The summed E-state index contributed by atoms with van der Waals surface area (Å²) in [5, 5.41) is 2.24. The van der Waals surface area contributed by atoms with E-state index in [1.807, 2.05) is 0 Å². The predicted molar refractivity (Wildman–Crippen MR) is 35.9 cm³/mol. The van der Waals surface area contributed by atoms with Crippen LogP contribution < -0.4 is 16.8 Å². The van der Waals surface area contributed by atoms with E-state index in [1.54, 1.807) is 0 Å². The standard InChI is InChI=1S/C5H11N3O2/c1-3(6)5(10)8-2-4(7)9/h3H,2,6H2,1H3,(H2,7,9)(H,8,10). The first-order valence-electron chi connectivity index (χ1n) is 2.85. The van der Waals surface area contributed by atoms with Gasteiger partial charge in [-0.2, -0.15) is 0 Å². The van der Waals surface area contributed by atoms with E-state index in [2.05, 4.69) is 5.32 Å². The molecule has 0 aliphatic rings. The molecule has 0 aliphatic carbocycles. The number of nitrogens with two attached hydrogens (primary N) is 2. The van der Waals surface area contributed by atoms with Gasteiger partial charge in [0.15, 0.2) is 0 Å². The molecular formula is C5H11N3O2. The number of rotatable bonds is 3. The molecule has 0 bridgehead atoms. The van der Waals surface area contributed by atoms with Crippen molar-refractivity contribution in [2.75, 3.05) is 6.54 Å². The number of amides is 2. The summed E-state index contributed by atoms with van der Waals surface area (Å²) in [6, 6.07) is -0.598. The molecule has 1 unspecified atom stereocenters. The van der Waals surface area contributed by atoms with E-state index in [0.717, 1.165) is 0 Å². The number of carbonyl (C=O) groups is 2. The highest BCUT2D eigenvalue weighted by Gasteiger charge is 2.06. The van der Waals surface area contributed by atoms with Gasteiger partial charge in [0.1, 0.15) is 0 Å². The smallest absolute Gasteiger partial charge is 0.237 e. The van der Waals surface area contributed by atoms with Gasteiger partial charge in [-0.05, 0) is 6.92 Å². The van der Waals surface area contributed by atoms with Gasteiger partial charge in [0.25, 0.3) is 0 Å². The third-order valence-corrected chi connectivity index (χ3v) is 0.850. The van der Waals surface area contributed by atoms with Crippen LogP contribution in [-0.2, 0) is 9.59 Å². The van der Waals surface area contributed by atoms with E-state index >= 15 is 0 Å². The van der Waals surface area contributed by atoms with E-state index in [0.29, 0.717) is 0 Å². The lowest BCUT2D eigenvalue weighted by molar-refractivity contribution is -0.125. The first-order valence-corrected chi connectivity index (χ1v) is 2.85. The monoisotopic (exact) mass is 145 g/mol. The van der Waals surface area contributed by atoms with Crippen molar-refractivity contribution in [3.8, 4) is 0 Å². The Morgan fingerprint density at radius 1 is 1.60 bits per heavy atom. The van der Waals surface area contributed by atoms with Crippen molar-refractivity contribution in [1.82, 2.24) is 5.32 Å². The lowest BCUT2D eigenvalue weighted by atomic mass is 10.3. The second-order valence-electron chi connectivity index (χ2n) is 1.97. The molecule has 0 rings (SSSR count). The Hall–Kier alpha value is -1.10. The van der Waals surface area contributed by atoms with Gasteiger partial charge >= 0.3 is 0 Å². The van der Waals surface area contributed by atoms with Gasteiger partial charge in [-0.1, -0.05) is 0 Å². The molecule has 0 aliphatic heterocycles. The molecule has 5 N–H and O–H groups in total. The van der Waals surface area contributed by atoms with Crippen molar-refractivity contribution in [2.24, 2.45) is 11.5 Å². The highest BCUT2D eigenvalue weighted by atomic mass is 16.2. The van der Waals surface area contributed by atoms with Crippen LogP contribution in [0.3, 0.4) is 0 Å². The summed E-state index contributed by atoms with van der Waals surface area (Å²) in [6.07, 6.45) is 0. The molecule has 58 valence electrons. The van der Waals surface area contributed by atoms with Crippen molar-refractivity contribution in [1.29, 1.82) is 0 Å². The van der Waals surface area contributed by atoms with Crippen LogP contribution in [0.2, 0.25) is 0 Å². The van der Waals surface area contributed by atoms with Crippen molar-refractivity contribution >= 4 is 11.8 Å². The van der Waals surface area contributed by atoms with E-state index in [1.165, 1.54) is 6.92 Å². The Kier molecular flexibility index (Phi) is 3.42. The molecule has 0 spiro atoms. The van der Waals surface area contributed by atoms with Crippen LogP contribution in [0.1, 0.15) is 6.92 Å². The van der Waals surface area contributed by atoms with Gasteiger partial charge < -0.3 is 16.8 Å². The zero-order chi connectivity index (χ0) is 8.15. The molecule has 0 saturated heterocycles. The Balaban J connectivity index is 3.50. The molecule has 10 heavy (non-hydrogen) atoms. The number of carbonyl (C=O) groups excluding carboxylic acids is 2. The molecule has 2 amide bonds. The van der Waals surface area contributed by atoms with Gasteiger partial charge in [-0.25, -0.2) is 0 Å². The minimum Gasteiger partial charge on any atom is -0.368 e. The average molecular weight is 145 g/mol. The maximum Gasteiger partial charge on any atom is 0.237 e. The third kappa shape index (κ3) is 3.85. The molecule has 0 saturated carbocycles. The summed E-state index contributed by atoms with van der Waals surface area (Å²) in [6.45, 7) is 1.37. The van der Waals surface area contributed by atoms with Crippen molar-refractivity contribution in [3.63, 3.8) is 0 Å². The quantitative estimate of drug-likeness (QED) is 0.425. The maximum absolute atomic E-state index is 10.6. The highest BCUT2D eigenvalue weighted by Crippen LogP contribution is 1.72. The molecule has 0 aromatic heterocycles. The number of nitrogens with one attached hydrogen (secondary N) is 1. The summed E-state index contributed by atoms with van der Waals surface area (Å²) in [5.41, 5.74) is 9.90. The van der Waals surface area contributed by atoms with Crippen molar-refractivity contribution < 1.29 is 9.59 Å². The Morgan fingerprint density at radius 3 is 2.40 bits per heavy atom. The third-order valence-electron chi connectivity index (χ3n) is 0.850. The summed E-state index contributed by atoms with van der Waals surface area (Å²) in [4.78, 5) is 20.7. The summed E-state index contributed by atoms with van der Waals surface area (Å²) >= 11 is 0. The van der Waals surface area contributed by atoms with Gasteiger partial charge in [-0.15, -0.1) is 0 Å².